The van der Waals surface area contributed by atoms with Crippen molar-refractivity contribution in [1.82, 2.24) is 0 Å². The second-order valence-corrected chi connectivity index (χ2v) is 5.87. The first kappa shape index (κ1) is 19.6. The number of benzene rings is 2. The lowest BCUT2D eigenvalue weighted by Crippen LogP contribution is -2.13. The molecule has 0 saturated heterocycles. The van der Waals surface area contributed by atoms with Crippen molar-refractivity contribution >= 4 is 58.1 Å². The zero-order valence-corrected chi connectivity index (χ0v) is 14.5. The van der Waals surface area contributed by atoms with Crippen molar-refractivity contribution in [1.29, 1.82) is 0 Å². The minimum absolute atomic E-state index is 0.202. The van der Waals surface area contributed by atoms with Crippen LogP contribution in [0, 0.1) is 20.2 Å². The van der Waals surface area contributed by atoms with Gasteiger partial charge in [-0.3, -0.25) is 20.2 Å². The highest BCUT2D eigenvalue weighted by Gasteiger charge is 2.24. The van der Waals surface area contributed by atoms with E-state index in [-0.39, 0.29) is 16.1 Å². The SMILES string of the molecule is O=C(OC(=O)c1ccc(Cl)c([N+](=O)[O-])c1)c1cc(Cl)c([N+](=O)[O-])c(Cl)c1. The van der Waals surface area contributed by atoms with E-state index >= 15 is 0 Å². The van der Waals surface area contributed by atoms with Crippen molar-refractivity contribution in [3.05, 3.63) is 76.8 Å². The van der Waals surface area contributed by atoms with Crippen LogP contribution >= 0.6 is 34.8 Å². The minimum Gasteiger partial charge on any atom is -0.386 e. The lowest BCUT2D eigenvalue weighted by Gasteiger charge is -2.05. The summed E-state index contributed by atoms with van der Waals surface area (Å²) in [4.78, 5) is 44.0. The number of ether oxygens (including phenoxy) is 1. The number of esters is 2. The minimum atomic E-state index is -1.20. The van der Waals surface area contributed by atoms with Gasteiger partial charge in [-0.1, -0.05) is 34.8 Å². The highest BCUT2D eigenvalue weighted by Crippen LogP contribution is 2.34. The molecule has 0 aliphatic carbocycles. The Hall–Kier alpha value is -2.75. The molecule has 0 amide bonds. The third-order valence-corrected chi connectivity index (χ3v) is 3.89. The fourth-order valence-electron chi connectivity index (χ4n) is 1.84. The van der Waals surface area contributed by atoms with Gasteiger partial charge in [-0.15, -0.1) is 0 Å². The average Bonchev–Trinajstić information content (AvgIpc) is 2.53. The molecule has 0 spiro atoms. The highest BCUT2D eigenvalue weighted by atomic mass is 35.5. The maximum absolute atomic E-state index is 12.0. The fraction of sp³-hybridized carbons (Fsp3) is 0. The Morgan fingerprint density at radius 2 is 1.35 bits per heavy atom. The van der Waals surface area contributed by atoms with Crippen molar-refractivity contribution in [2.75, 3.05) is 0 Å². The predicted molar refractivity (Wildman–Crippen MR) is 91.0 cm³/mol. The van der Waals surface area contributed by atoms with Gasteiger partial charge in [0.15, 0.2) is 0 Å². The fourth-order valence-corrected chi connectivity index (χ4v) is 2.65. The third-order valence-electron chi connectivity index (χ3n) is 3.00. The molecule has 2 aromatic rings. The summed E-state index contributed by atoms with van der Waals surface area (Å²) in [7, 11) is 0. The smallest absolute Gasteiger partial charge is 0.346 e. The Bertz CT molecular complexity index is 939. The Balaban J connectivity index is 2.28. The number of hydrogen-bond donors (Lipinski definition) is 0. The molecule has 0 saturated carbocycles. The van der Waals surface area contributed by atoms with Gasteiger partial charge in [-0.05, 0) is 24.3 Å². The largest absolute Gasteiger partial charge is 0.386 e. The van der Waals surface area contributed by atoms with Gasteiger partial charge in [-0.2, -0.15) is 0 Å². The van der Waals surface area contributed by atoms with Gasteiger partial charge >= 0.3 is 17.6 Å². The van der Waals surface area contributed by atoms with Crippen LogP contribution in [0.3, 0.4) is 0 Å². The van der Waals surface area contributed by atoms with E-state index in [0.29, 0.717) is 0 Å². The maximum atomic E-state index is 12.0. The quantitative estimate of drug-likeness (QED) is 0.309. The first-order chi connectivity index (χ1) is 12.1. The van der Waals surface area contributed by atoms with Gasteiger partial charge in [0.25, 0.3) is 5.69 Å². The van der Waals surface area contributed by atoms with Gasteiger partial charge in [0.1, 0.15) is 15.1 Å². The summed E-state index contributed by atoms with van der Waals surface area (Å²) < 4.78 is 4.58. The number of nitrogens with zero attached hydrogens (tertiary/aromatic N) is 2. The molecular formula is C14H5Cl3N2O7. The summed E-state index contributed by atoms with van der Waals surface area (Å²) in [5.41, 5.74) is -1.77. The molecule has 0 unspecified atom stereocenters. The highest BCUT2D eigenvalue weighted by molar-refractivity contribution is 6.38. The predicted octanol–water partition coefficient (Wildman–Crippen LogP) is 4.46. The number of nitro groups is 2. The van der Waals surface area contributed by atoms with Crippen LogP contribution in [0.25, 0.3) is 0 Å². The van der Waals surface area contributed by atoms with Gasteiger partial charge in [-0.25, -0.2) is 9.59 Å². The molecule has 12 heteroatoms. The van der Waals surface area contributed by atoms with E-state index in [0.717, 1.165) is 30.3 Å². The number of hydrogen-bond acceptors (Lipinski definition) is 7. The van der Waals surface area contributed by atoms with E-state index in [2.05, 4.69) is 4.74 Å². The zero-order valence-electron chi connectivity index (χ0n) is 12.3. The van der Waals surface area contributed by atoms with Gasteiger partial charge in [0, 0.05) is 6.07 Å². The molecule has 0 aliphatic rings. The van der Waals surface area contributed by atoms with E-state index in [1.807, 2.05) is 0 Å². The second kappa shape index (κ2) is 7.65. The second-order valence-electron chi connectivity index (χ2n) is 4.65. The van der Waals surface area contributed by atoms with Crippen LogP contribution in [0.1, 0.15) is 20.7 Å². The molecule has 0 heterocycles. The third kappa shape index (κ3) is 4.07. The molecule has 134 valence electrons. The number of halogens is 3. The van der Waals surface area contributed by atoms with Crippen molar-refractivity contribution < 1.29 is 24.2 Å². The van der Waals surface area contributed by atoms with Crippen molar-refractivity contribution in [3.63, 3.8) is 0 Å². The molecule has 2 rings (SSSR count). The van der Waals surface area contributed by atoms with E-state index in [9.17, 15) is 29.8 Å². The average molecular weight is 420 g/mol. The first-order valence-corrected chi connectivity index (χ1v) is 7.59. The molecule has 0 radical (unpaired) electrons. The van der Waals surface area contributed by atoms with E-state index in [4.69, 9.17) is 34.8 Å². The van der Waals surface area contributed by atoms with Crippen LogP contribution in [-0.2, 0) is 4.74 Å². The van der Waals surface area contributed by atoms with Crippen molar-refractivity contribution in [3.8, 4) is 0 Å². The number of carbonyl (C=O) groups is 2. The summed E-state index contributed by atoms with van der Waals surface area (Å²) in [6.07, 6.45) is 0. The first-order valence-electron chi connectivity index (χ1n) is 6.45. The van der Waals surface area contributed by atoms with Crippen molar-refractivity contribution in [2.24, 2.45) is 0 Å². The van der Waals surface area contributed by atoms with E-state index < -0.39 is 43.2 Å². The normalized spacial score (nSPS) is 10.3. The molecule has 0 N–H and O–H groups in total. The Labute approximate surface area is 159 Å². The molecule has 0 aromatic heterocycles. The van der Waals surface area contributed by atoms with Gasteiger partial charge in [0.2, 0.25) is 0 Å². The summed E-state index contributed by atoms with van der Waals surface area (Å²) in [5, 5.41) is 20.6. The molecule has 0 bridgehead atoms. The van der Waals surface area contributed by atoms with Crippen LogP contribution in [0.5, 0.6) is 0 Å². The molecule has 9 nitrogen and oxygen atoms in total. The molecular weight excluding hydrogens is 415 g/mol. The van der Waals surface area contributed by atoms with Crippen molar-refractivity contribution in [2.45, 2.75) is 0 Å². The van der Waals surface area contributed by atoms with Crippen LogP contribution in [-0.4, -0.2) is 21.8 Å². The summed E-state index contributed by atoms with van der Waals surface area (Å²) in [5.74, 6) is -2.40. The van der Waals surface area contributed by atoms with Crippen LogP contribution < -0.4 is 0 Å². The Morgan fingerprint density at radius 3 is 1.85 bits per heavy atom. The Morgan fingerprint density at radius 1 is 0.808 bits per heavy atom. The molecule has 2 aromatic carbocycles. The van der Waals surface area contributed by atoms with Crippen LogP contribution in [0.2, 0.25) is 15.1 Å². The summed E-state index contributed by atoms with van der Waals surface area (Å²) in [6, 6.07) is 4.88. The number of carbonyl (C=O) groups excluding carboxylic acids is 2. The monoisotopic (exact) mass is 418 g/mol. The molecule has 0 aliphatic heterocycles. The number of rotatable bonds is 4. The molecule has 26 heavy (non-hydrogen) atoms. The summed E-state index contributed by atoms with van der Waals surface area (Å²) in [6.45, 7) is 0. The summed E-state index contributed by atoms with van der Waals surface area (Å²) >= 11 is 17.0. The van der Waals surface area contributed by atoms with E-state index in [1.165, 1.54) is 0 Å². The maximum Gasteiger partial charge on any atom is 0.346 e. The zero-order chi connectivity index (χ0) is 19.6. The van der Waals surface area contributed by atoms with Crippen LogP contribution in [0.15, 0.2) is 30.3 Å². The molecule has 0 atom stereocenters. The van der Waals surface area contributed by atoms with Gasteiger partial charge < -0.3 is 4.74 Å². The van der Waals surface area contributed by atoms with Gasteiger partial charge in [0.05, 0.1) is 21.0 Å². The van der Waals surface area contributed by atoms with Crippen LogP contribution in [0.4, 0.5) is 11.4 Å². The Kier molecular flexibility index (Phi) is 5.76. The van der Waals surface area contributed by atoms with E-state index in [1.54, 1.807) is 0 Å². The topological polar surface area (TPSA) is 130 Å². The standard InChI is InChI=1S/C14H5Cl3N2O7/c15-8-2-1-6(5-11(8)18(22)23)13(20)26-14(21)7-3-9(16)12(19(24)25)10(17)4-7/h1-5H. The lowest BCUT2D eigenvalue weighted by atomic mass is 10.2. The number of nitro benzene ring substituents is 2. The lowest BCUT2D eigenvalue weighted by molar-refractivity contribution is -0.384. The molecule has 0 fully saturated rings.